The van der Waals surface area contributed by atoms with Crippen LogP contribution in [-0.2, 0) is 0 Å². The number of aromatic nitrogens is 1. The molecule has 0 spiro atoms. The molecule has 0 aromatic carbocycles. The van der Waals surface area contributed by atoms with Crippen molar-refractivity contribution in [2.75, 3.05) is 13.1 Å². The third-order valence-electron chi connectivity index (χ3n) is 3.77. The third kappa shape index (κ3) is 5.74. The maximum absolute atomic E-state index is 12.1. The minimum absolute atomic E-state index is 0. The molecule has 1 unspecified atom stereocenters. The van der Waals surface area contributed by atoms with E-state index in [0.717, 1.165) is 11.0 Å². The van der Waals surface area contributed by atoms with Crippen molar-refractivity contribution < 1.29 is 4.79 Å². The summed E-state index contributed by atoms with van der Waals surface area (Å²) < 4.78 is 0.816. The number of amides is 1. The van der Waals surface area contributed by atoms with E-state index in [-0.39, 0.29) is 36.1 Å². The number of halogens is 3. The molecule has 0 bridgehead atoms. The molecule has 1 fully saturated rings. The first kappa shape index (κ1) is 20.6. The number of hydrogen-bond donors (Lipinski definition) is 2. The van der Waals surface area contributed by atoms with E-state index in [9.17, 15) is 4.79 Å². The number of carbonyl (C=O) groups excluding carboxylic acids is 1. The largest absolute Gasteiger partial charge is 0.350 e. The number of nitrogens with one attached hydrogen (secondary N) is 2. The summed E-state index contributed by atoms with van der Waals surface area (Å²) in [7, 11) is 0. The maximum Gasteiger partial charge on any atom is 0.252 e. The number of carbonyl (C=O) groups is 1. The van der Waals surface area contributed by atoms with Gasteiger partial charge < -0.3 is 10.6 Å². The van der Waals surface area contributed by atoms with Crippen molar-refractivity contribution in [3.05, 3.63) is 28.5 Å². The molecule has 0 radical (unpaired) electrons. The lowest BCUT2D eigenvalue weighted by molar-refractivity contribution is 0.0928. The predicted molar refractivity (Wildman–Crippen MR) is 93.6 cm³/mol. The summed E-state index contributed by atoms with van der Waals surface area (Å²) in [6.07, 6.45) is 5.65. The second-order valence-corrected chi connectivity index (χ2v) is 6.62. The van der Waals surface area contributed by atoms with Crippen LogP contribution in [0.25, 0.3) is 0 Å². The Morgan fingerprint density at radius 3 is 2.81 bits per heavy atom. The fourth-order valence-electron chi connectivity index (χ4n) is 2.45. The highest BCUT2D eigenvalue weighted by molar-refractivity contribution is 9.10. The first-order valence-electron chi connectivity index (χ1n) is 6.61. The van der Waals surface area contributed by atoms with Crippen LogP contribution in [0.5, 0.6) is 0 Å². The molecule has 2 rings (SSSR count). The Bertz CT molecular complexity index is 471. The van der Waals surface area contributed by atoms with Gasteiger partial charge >= 0.3 is 0 Å². The van der Waals surface area contributed by atoms with Crippen molar-refractivity contribution in [3.8, 4) is 0 Å². The van der Waals surface area contributed by atoms with Gasteiger partial charge in [-0.1, -0.05) is 13.8 Å². The van der Waals surface area contributed by atoms with Crippen molar-refractivity contribution in [1.29, 1.82) is 0 Å². The monoisotopic (exact) mass is 397 g/mol. The van der Waals surface area contributed by atoms with Crippen molar-refractivity contribution in [2.45, 2.75) is 32.7 Å². The molecule has 0 saturated carbocycles. The lowest BCUT2D eigenvalue weighted by Gasteiger charge is -2.39. The van der Waals surface area contributed by atoms with E-state index in [0.29, 0.717) is 18.2 Å². The standard InChI is InChI=1S/C14H20BrN3O.2ClH/c1-14(2)4-3-5-17-12(14)9-18-13(19)10-6-11(15)8-16-7-10;;/h6-8,12,17H,3-5,9H2,1-2H3,(H,18,19);2*1H. The molecule has 1 aromatic rings. The van der Waals surface area contributed by atoms with Gasteiger partial charge in [0.1, 0.15) is 0 Å². The van der Waals surface area contributed by atoms with Crippen LogP contribution in [0.4, 0.5) is 0 Å². The molecule has 2 heterocycles. The van der Waals surface area contributed by atoms with Crippen molar-refractivity contribution in [3.63, 3.8) is 0 Å². The summed E-state index contributed by atoms with van der Waals surface area (Å²) in [5.41, 5.74) is 0.809. The van der Waals surface area contributed by atoms with E-state index in [2.05, 4.69) is 45.4 Å². The normalized spacial score (nSPS) is 19.9. The number of nitrogens with zero attached hydrogens (tertiary/aromatic N) is 1. The van der Waals surface area contributed by atoms with Crippen LogP contribution in [-0.4, -0.2) is 30.0 Å². The topological polar surface area (TPSA) is 54.0 Å². The summed E-state index contributed by atoms with van der Waals surface area (Å²) in [6, 6.07) is 2.10. The lowest BCUT2D eigenvalue weighted by Crippen LogP contribution is -2.52. The van der Waals surface area contributed by atoms with Crippen molar-refractivity contribution in [1.82, 2.24) is 15.6 Å². The molecular weight excluding hydrogens is 377 g/mol. The van der Waals surface area contributed by atoms with Crippen molar-refractivity contribution >= 4 is 46.7 Å². The highest BCUT2D eigenvalue weighted by Gasteiger charge is 2.31. The molecular formula is C14H22BrCl2N3O. The SMILES string of the molecule is CC1(C)CCCNC1CNC(=O)c1cncc(Br)c1.Cl.Cl. The Hall–Kier alpha value is -0.360. The van der Waals surface area contributed by atoms with Crippen LogP contribution in [0.15, 0.2) is 22.9 Å². The van der Waals surface area contributed by atoms with Crippen LogP contribution in [0, 0.1) is 5.41 Å². The fourth-order valence-corrected chi connectivity index (χ4v) is 2.82. The predicted octanol–water partition coefficient (Wildman–Crippen LogP) is 3.20. The van der Waals surface area contributed by atoms with E-state index in [1.807, 2.05) is 0 Å². The minimum atomic E-state index is -0.0722. The van der Waals surface area contributed by atoms with Gasteiger partial charge in [0.05, 0.1) is 5.56 Å². The number of rotatable bonds is 3. The second kappa shape index (κ2) is 8.93. The zero-order chi connectivity index (χ0) is 13.9. The quantitative estimate of drug-likeness (QED) is 0.821. The van der Waals surface area contributed by atoms with Gasteiger partial charge in [0.15, 0.2) is 0 Å². The van der Waals surface area contributed by atoms with Gasteiger partial charge in [-0.2, -0.15) is 0 Å². The van der Waals surface area contributed by atoms with Gasteiger partial charge in [-0.15, -0.1) is 24.8 Å². The fraction of sp³-hybridized carbons (Fsp3) is 0.571. The van der Waals surface area contributed by atoms with Gasteiger partial charge in [-0.25, -0.2) is 0 Å². The number of hydrogen-bond acceptors (Lipinski definition) is 3. The molecule has 1 aromatic heterocycles. The molecule has 21 heavy (non-hydrogen) atoms. The Morgan fingerprint density at radius 1 is 1.48 bits per heavy atom. The van der Waals surface area contributed by atoms with Gasteiger partial charge in [0.25, 0.3) is 5.91 Å². The average Bonchev–Trinajstić information content (AvgIpc) is 2.36. The molecule has 1 aliphatic rings. The van der Waals surface area contributed by atoms with Crippen molar-refractivity contribution in [2.24, 2.45) is 5.41 Å². The highest BCUT2D eigenvalue weighted by atomic mass is 79.9. The summed E-state index contributed by atoms with van der Waals surface area (Å²) in [5, 5.41) is 6.48. The van der Waals surface area contributed by atoms with E-state index in [4.69, 9.17) is 0 Å². The molecule has 1 atom stereocenters. The van der Waals surface area contributed by atoms with Gasteiger partial charge in [-0.3, -0.25) is 9.78 Å². The zero-order valence-corrected chi connectivity index (χ0v) is 15.4. The van der Waals surface area contributed by atoms with Crippen LogP contribution in [0.2, 0.25) is 0 Å². The van der Waals surface area contributed by atoms with Crippen LogP contribution < -0.4 is 10.6 Å². The molecule has 1 aliphatic heterocycles. The second-order valence-electron chi connectivity index (χ2n) is 5.70. The van der Waals surface area contributed by atoms with Crippen LogP contribution >= 0.6 is 40.7 Å². The summed E-state index contributed by atoms with van der Waals surface area (Å²) in [5.74, 6) is -0.0722. The molecule has 0 aliphatic carbocycles. The molecule has 1 saturated heterocycles. The van der Waals surface area contributed by atoms with E-state index in [1.165, 1.54) is 12.8 Å². The highest BCUT2D eigenvalue weighted by Crippen LogP contribution is 2.29. The Balaban J connectivity index is 0.00000200. The third-order valence-corrected chi connectivity index (χ3v) is 4.20. The average molecular weight is 399 g/mol. The Kier molecular flexibility index (Phi) is 8.78. The first-order chi connectivity index (χ1) is 8.99. The first-order valence-corrected chi connectivity index (χ1v) is 7.40. The maximum atomic E-state index is 12.1. The minimum Gasteiger partial charge on any atom is -0.350 e. The Morgan fingerprint density at radius 2 is 2.19 bits per heavy atom. The van der Waals surface area contributed by atoms with E-state index < -0.39 is 0 Å². The molecule has 1 amide bonds. The molecule has 120 valence electrons. The summed E-state index contributed by atoms with van der Waals surface area (Å²) in [6.45, 7) is 6.17. The van der Waals surface area contributed by atoms with Gasteiger partial charge in [0, 0.05) is 29.5 Å². The number of piperidine rings is 1. The smallest absolute Gasteiger partial charge is 0.252 e. The van der Waals surface area contributed by atoms with Crippen LogP contribution in [0.1, 0.15) is 37.0 Å². The molecule has 4 nitrogen and oxygen atoms in total. The molecule has 2 N–H and O–H groups in total. The van der Waals surface area contributed by atoms with E-state index >= 15 is 0 Å². The summed E-state index contributed by atoms with van der Waals surface area (Å²) in [4.78, 5) is 16.1. The zero-order valence-electron chi connectivity index (χ0n) is 12.2. The van der Waals surface area contributed by atoms with Crippen LogP contribution in [0.3, 0.4) is 0 Å². The molecule has 7 heteroatoms. The van der Waals surface area contributed by atoms with E-state index in [1.54, 1.807) is 18.5 Å². The van der Waals surface area contributed by atoms with Gasteiger partial charge in [-0.05, 0) is 46.8 Å². The Labute approximate surface area is 146 Å². The van der Waals surface area contributed by atoms with Gasteiger partial charge in [0.2, 0.25) is 0 Å². The lowest BCUT2D eigenvalue weighted by atomic mass is 9.77. The summed E-state index contributed by atoms with van der Waals surface area (Å²) >= 11 is 3.32. The number of pyridine rings is 1.